The van der Waals surface area contributed by atoms with E-state index in [2.05, 4.69) is 40.1 Å². The lowest BCUT2D eigenvalue weighted by molar-refractivity contribution is -0.146. The van der Waals surface area contributed by atoms with Gasteiger partial charge in [0.15, 0.2) is 0 Å². The van der Waals surface area contributed by atoms with Crippen LogP contribution in [0.4, 0.5) is 5.69 Å². The van der Waals surface area contributed by atoms with Gasteiger partial charge in [-0.2, -0.15) is 0 Å². The number of imide groups is 1. The average molecular weight is 538 g/mol. The second kappa shape index (κ2) is 7.54. The van der Waals surface area contributed by atoms with Crippen LogP contribution < -0.4 is 5.32 Å². The molecule has 5 nitrogen and oxygen atoms in total. The second-order valence-corrected chi connectivity index (χ2v) is 10.6. The van der Waals surface area contributed by atoms with Gasteiger partial charge in [0.05, 0.1) is 11.8 Å². The molecule has 4 aliphatic carbocycles. The van der Waals surface area contributed by atoms with E-state index in [9.17, 15) is 14.4 Å². The van der Waals surface area contributed by atoms with Crippen LogP contribution >= 0.6 is 22.6 Å². The Balaban J connectivity index is 1.33. The van der Waals surface area contributed by atoms with Crippen molar-refractivity contribution in [1.82, 2.24) is 4.90 Å². The molecular weight excluding hydrogens is 515 g/mol. The van der Waals surface area contributed by atoms with Crippen molar-refractivity contribution < 1.29 is 14.4 Å². The molecule has 7 rings (SSSR count). The normalized spacial score (nSPS) is 32.5. The molecule has 1 heterocycles. The van der Waals surface area contributed by atoms with Gasteiger partial charge in [-0.1, -0.05) is 42.5 Å². The molecule has 0 aromatic heterocycles. The number of nitrogens with zero attached hydrogens (tertiary/aromatic N) is 1. The average Bonchev–Trinajstić information content (AvgIpc) is 3.58. The lowest BCUT2D eigenvalue weighted by Gasteiger charge is -2.37. The second-order valence-electron chi connectivity index (χ2n) is 9.40. The van der Waals surface area contributed by atoms with E-state index in [1.165, 1.54) is 4.90 Å². The van der Waals surface area contributed by atoms with Crippen LogP contribution in [0.3, 0.4) is 0 Å². The minimum Gasteiger partial charge on any atom is -0.324 e. The van der Waals surface area contributed by atoms with Crippen molar-refractivity contribution in [2.75, 3.05) is 5.32 Å². The largest absolute Gasteiger partial charge is 0.324 e. The Bertz CT molecular complexity index is 1090. The van der Waals surface area contributed by atoms with Gasteiger partial charge in [-0.25, -0.2) is 0 Å². The topological polar surface area (TPSA) is 66.5 Å². The molecule has 3 fully saturated rings. The number of rotatable bonds is 5. The zero-order valence-corrected chi connectivity index (χ0v) is 19.5. The summed E-state index contributed by atoms with van der Waals surface area (Å²) in [4.78, 5) is 42.0. The molecule has 32 heavy (non-hydrogen) atoms. The predicted molar refractivity (Wildman–Crippen MR) is 128 cm³/mol. The van der Waals surface area contributed by atoms with Crippen LogP contribution in [0.25, 0.3) is 0 Å². The summed E-state index contributed by atoms with van der Waals surface area (Å²) in [7, 11) is 0. The molecule has 7 atom stereocenters. The first-order valence-electron chi connectivity index (χ1n) is 11.2. The first-order chi connectivity index (χ1) is 15.5. The van der Waals surface area contributed by atoms with Gasteiger partial charge in [-0.3, -0.25) is 19.3 Å². The van der Waals surface area contributed by atoms with E-state index >= 15 is 0 Å². The van der Waals surface area contributed by atoms with E-state index < -0.39 is 6.04 Å². The van der Waals surface area contributed by atoms with Crippen LogP contribution in [0.2, 0.25) is 0 Å². The van der Waals surface area contributed by atoms with Crippen molar-refractivity contribution in [1.29, 1.82) is 0 Å². The van der Waals surface area contributed by atoms with Crippen LogP contribution in [-0.4, -0.2) is 28.7 Å². The molecule has 3 amide bonds. The number of carbonyl (C=O) groups excluding carboxylic acids is 3. The number of nitrogens with one attached hydrogen (secondary N) is 1. The highest BCUT2D eigenvalue weighted by Gasteiger charge is 2.67. The molecule has 1 N–H and O–H groups in total. The number of anilines is 1. The molecule has 2 aromatic rings. The Morgan fingerprint density at radius 3 is 2.12 bits per heavy atom. The van der Waals surface area contributed by atoms with Gasteiger partial charge in [-0.05, 0) is 82.5 Å². The molecule has 2 saturated carbocycles. The van der Waals surface area contributed by atoms with Crippen molar-refractivity contribution in [3.8, 4) is 0 Å². The summed E-state index contributed by atoms with van der Waals surface area (Å²) in [6, 6.07) is 16.3. The number of allylic oxidation sites excluding steroid dienone is 2. The number of likely N-dealkylation sites (tertiary alicyclic amines) is 1. The minimum atomic E-state index is -0.863. The molecule has 6 heteroatoms. The highest BCUT2D eigenvalue weighted by atomic mass is 127. The fraction of sp³-hybridized carbons (Fsp3) is 0.346. The number of hydrogen-bond acceptors (Lipinski definition) is 3. The lowest BCUT2D eigenvalue weighted by Crippen LogP contribution is -2.49. The van der Waals surface area contributed by atoms with Crippen LogP contribution in [0.5, 0.6) is 0 Å². The van der Waals surface area contributed by atoms with Gasteiger partial charge in [0, 0.05) is 15.7 Å². The highest BCUT2D eigenvalue weighted by Crippen LogP contribution is 2.65. The molecule has 0 unspecified atom stereocenters. The predicted octanol–water partition coefficient (Wildman–Crippen LogP) is 3.89. The van der Waals surface area contributed by atoms with Crippen molar-refractivity contribution in [3.63, 3.8) is 0 Å². The van der Waals surface area contributed by atoms with Crippen molar-refractivity contribution in [2.45, 2.75) is 18.9 Å². The fourth-order valence-electron chi connectivity index (χ4n) is 6.18. The van der Waals surface area contributed by atoms with Crippen LogP contribution in [0.1, 0.15) is 12.0 Å². The van der Waals surface area contributed by atoms with E-state index in [1.807, 2.05) is 54.6 Å². The molecular formula is C26H23IN2O3. The first-order valence-corrected chi connectivity index (χ1v) is 12.3. The quantitative estimate of drug-likeness (QED) is 0.357. The SMILES string of the molecule is O=C(Nc1ccc(I)cc1)[C@H](Cc1ccccc1)N1C(=O)[C@@H]2[C@@H]3C=C[C@H]([C@H]4C[C@@H]34)[C@@H]2C1=O. The highest BCUT2D eigenvalue weighted by molar-refractivity contribution is 14.1. The van der Waals surface area contributed by atoms with E-state index in [1.54, 1.807) is 0 Å². The standard InChI is InChI=1S/C26H23IN2O3/c27-15-6-8-16(9-7-15)28-24(30)21(12-14-4-2-1-3-5-14)29-25(31)22-17-10-11-18(20-13-19(17)20)23(22)26(29)32/h1-11,17-23H,12-13H2,(H,28,30)/t17-,18-,19-,20+,21+,22+,23-/m1/s1. The zero-order chi connectivity index (χ0) is 22.0. The summed E-state index contributed by atoms with van der Waals surface area (Å²) < 4.78 is 1.07. The Hall–Kier alpha value is -2.48. The van der Waals surface area contributed by atoms with Gasteiger partial charge < -0.3 is 5.32 Å². The van der Waals surface area contributed by atoms with E-state index in [-0.39, 0.29) is 41.4 Å². The van der Waals surface area contributed by atoms with Crippen LogP contribution in [-0.2, 0) is 20.8 Å². The van der Waals surface area contributed by atoms with Gasteiger partial charge in [-0.15, -0.1) is 0 Å². The first kappa shape index (κ1) is 20.1. The van der Waals surface area contributed by atoms with E-state index in [0.29, 0.717) is 23.9 Å². The third-order valence-electron chi connectivity index (χ3n) is 7.69. The van der Waals surface area contributed by atoms with Crippen LogP contribution in [0, 0.1) is 39.1 Å². The maximum absolute atomic E-state index is 13.6. The molecule has 2 aromatic carbocycles. The fourth-order valence-corrected chi connectivity index (χ4v) is 6.54. The van der Waals surface area contributed by atoms with Crippen molar-refractivity contribution in [3.05, 3.63) is 75.9 Å². The molecule has 0 radical (unpaired) electrons. The maximum Gasteiger partial charge on any atom is 0.248 e. The van der Waals surface area contributed by atoms with Gasteiger partial charge >= 0.3 is 0 Å². The molecule has 162 valence electrons. The lowest BCUT2D eigenvalue weighted by atomic mass is 9.63. The van der Waals surface area contributed by atoms with Crippen molar-refractivity contribution in [2.24, 2.45) is 35.5 Å². The zero-order valence-electron chi connectivity index (χ0n) is 17.4. The van der Waals surface area contributed by atoms with Gasteiger partial charge in [0.25, 0.3) is 0 Å². The maximum atomic E-state index is 13.6. The molecule has 2 bridgehead atoms. The summed E-state index contributed by atoms with van der Waals surface area (Å²) in [6.45, 7) is 0. The monoisotopic (exact) mass is 538 g/mol. The van der Waals surface area contributed by atoms with Crippen LogP contribution in [0.15, 0.2) is 66.7 Å². The number of benzene rings is 2. The Kier molecular flexibility index (Phi) is 4.75. The van der Waals surface area contributed by atoms with Gasteiger partial charge in [0.2, 0.25) is 17.7 Å². The molecule has 1 aliphatic heterocycles. The Morgan fingerprint density at radius 2 is 1.53 bits per heavy atom. The van der Waals surface area contributed by atoms with Gasteiger partial charge in [0.1, 0.15) is 6.04 Å². The molecule has 0 spiro atoms. The van der Waals surface area contributed by atoms with E-state index in [4.69, 9.17) is 0 Å². The summed E-state index contributed by atoms with van der Waals surface area (Å²) in [5, 5.41) is 2.94. The number of halogens is 1. The number of amides is 3. The summed E-state index contributed by atoms with van der Waals surface area (Å²) in [5.41, 5.74) is 1.59. The molecule has 5 aliphatic rings. The smallest absolute Gasteiger partial charge is 0.248 e. The van der Waals surface area contributed by atoms with Crippen molar-refractivity contribution >= 4 is 46.0 Å². The Morgan fingerprint density at radius 1 is 0.938 bits per heavy atom. The third kappa shape index (κ3) is 3.14. The number of carbonyl (C=O) groups is 3. The number of hydrogen-bond donors (Lipinski definition) is 1. The molecule has 1 saturated heterocycles. The summed E-state index contributed by atoms with van der Waals surface area (Å²) >= 11 is 2.21. The minimum absolute atomic E-state index is 0.146. The van der Waals surface area contributed by atoms with E-state index in [0.717, 1.165) is 15.6 Å². The summed E-state index contributed by atoms with van der Waals surface area (Å²) in [5.74, 6) is 0.123. The summed E-state index contributed by atoms with van der Waals surface area (Å²) in [6.07, 6.45) is 5.75. The third-order valence-corrected chi connectivity index (χ3v) is 8.41. The Labute approximate surface area is 200 Å².